The van der Waals surface area contributed by atoms with Crippen molar-refractivity contribution in [3.05, 3.63) is 46.6 Å². The first-order chi connectivity index (χ1) is 13.9. The van der Waals surface area contributed by atoms with Gasteiger partial charge in [-0.05, 0) is 44.0 Å². The van der Waals surface area contributed by atoms with Crippen LogP contribution in [0.4, 0.5) is 5.82 Å². The summed E-state index contributed by atoms with van der Waals surface area (Å²) in [7, 11) is 1.68. The number of aromatic nitrogens is 5. The van der Waals surface area contributed by atoms with Gasteiger partial charge in [-0.2, -0.15) is 10.4 Å². The van der Waals surface area contributed by atoms with E-state index in [4.69, 9.17) is 5.26 Å². The fourth-order valence-corrected chi connectivity index (χ4v) is 4.22. The van der Waals surface area contributed by atoms with E-state index in [1.165, 1.54) is 28.2 Å². The number of anilines is 1. The molecule has 0 atom stereocenters. The lowest BCUT2D eigenvalue weighted by Crippen LogP contribution is -2.17. The van der Waals surface area contributed by atoms with Crippen LogP contribution < -0.4 is 5.32 Å². The van der Waals surface area contributed by atoms with Crippen LogP contribution >= 0.6 is 11.8 Å². The van der Waals surface area contributed by atoms with Crippen LogP contribution in [0.25, 0.3) is 16.6 Å². The summed E-state index contributed by atoms with van der Waals surface area (Å²) in [6, 6.07) is 8.32. The van der Waals surface area contributed by atoms with Crippen molar-refractivity contribution in [2.45, 2.75) is 25.9 Å². The third-order valence-corrected chi connectivity index (χ3v) is 5.68. The van der Waals surface area contributed by atoms with Gasteiger partial charge in [-0.1, -0.05) is 23.4 Å². The standard InChI is InChI=1S/C20H19N7OS/c1-11-5-13(3)18-15(6-11)12(2)7-16-24-25-20(27(16)18)29-10-17(28)23-19-14(8-21)9-22-26(19)4/h5-7,9H,10H2,1-4H3,(H,23,28). The third-order valence-electron chi connectivity index (χ3n) is 4.75. The number of nitrogens with zero attached hydrogens (tertiary/aromatic N) is 6. The molecule has 1 aromatic carbocycles. The highest BCUT2D eigenvalue weighted by Gasteiger charge is 2.16. The normalized spacial score (nSPS) is 11.1. The van der Waals surface area contributed by atoms with E-state index in [2.05, 4.69) is 53.5 Å². The summed E-state index contributed by atoms with van der Waals surface area (Å²) in [4.78, 5) is 12.5. The minimum absolute atomic E-state index is 0.136. The minimum Gasteiger partial charge on any atom is -0.309 e. The molecule has 0 aliphatic heterocycles. The first kappa shape index (κ1) is 19.0. The molecule has 0 radical (unpaired) electrons. The molecule has 4 aromatic rings. The van der Waals surface area contributed by atoms with Gasteiger partial charge in [0.15, 0.2) is 10.8 Å². The molecule has 1 amide bonds. The second-order valence-corrected chi connectivity index (χ2v) is 7.90. The molecule has 4 rings (SSSR count). The van der Waals surface area contributed by atoms with Crippen molar-refractivity contribution < 1.29 is 4.79 Å². The zero-order valence-electron chi connectivity index (χ0n) is 16.5. The van der Waals surface area contributed by atoms with Gasteiger partial charge in [-0.15, -0.1) is 10.2 Å². The number of rotatable bonds is 4. The maximum absolute atomic E-state index is 12.5. The average Bonchev–Trinajstić information content (AvgIpc) is 3.23. The SMILES string of the molecule is Cc1cc(C)c2c(c1)c(C)cc1nnc(SCC(=O)Nc3c(C#N)cnn3C)n12. The van der Waals surface area contributed by atoms with Gasteiger partial charge in [-0.3, -0.25) is 13.9 Å². The largest absolute Gasteiger partial charge is 0.309 e. The van der Waals surface area contributed by atoms with Gasteiger partial charge in [0, 0.05) is 12.4 Å². The number of pyridine rings is 1. The monoisotopic (exact) mass is 405 g/mol. The Labute approximate surface area is 171 Å². The third kappa shape index (κ3) is 3.32. The van der Waals surface area contributed by atoms with Crippen molar-refractivity contribution in [2.75, 3.05) is 11.1 Å². The second-order valence-electron chi connectivity index (χ2n) is 6.96. The molecular weight excluding hydrogens is 386 g/mol. The topological polar surface area (TPSA) is 101 Å². The Hall–Kier alpha value is -3.38. The molecule has 0 bridgehead atoms. The molecule has 0 saturated heterocycles. The fraction of sp³-hybridized carbons (Fsp3) is 0.250. The van der Waals surface area contributed by atoms with Crippen LogP contribution in [-0.2, 0) is 11.8 Å². The zero-order chi connectivity index (χ0) is 20.7. The summed E-state index contributed by atoms with van der Waals surface area (Å²) in [5.74, 6) is 0.282. The maximum atomic E-state index is 12.5. The second kappa shape index (κ2) is 7.22. The Kier molecular flexibility index (Phi) is 4.72. The zero-order valence-corrected chi connectivity index (χ0v) is 17.3. The Morgan fingerprint density at radius 2 is 2.00 bits per heavy atom. The molecule has 0 saturated carbocycles. The van der Waals surface area contributed by atoms with E-state index in [1.807, 2.05) is 16.5 Å². The number of benzene rings is 1. The minimum atomic E-state index is -0.240. The van der Waals surface area contributed by atoms with Crippen molar-refractivity contribution in [1.29, 1.82) is 5.26 Å². The van der Waals surface area contributed by atoms with E-state index >= 15 is 0 Å². The lowest BCUT2D eigenvalue weighted by atomic mass is 10.0. The predicted molar refractivity (Wildman–Crippen MR) is 112 cm³/mol. The van der Waals surface area contributed by atoms with Gasteiger partial charge in [-0.25, -0.2) is 0 Å². The molecule has 3 aromatic heterocycles. The summed E-state index contributed by atoms with van der Waals surface area (Å²) in [6.45, 7) is 6.22. The number of carbonyl (C=O) groups is 1. The van der Waals surface area contributed by atoms with Crippen LogP contribution in [0.2, 0.25) is 0 Å². The van der Waals surface area contributed by atoms with Gasteiger partial charge >= 0.3 is 0 Å². The number of thioether (sulfide) groups is 1. The van der Waals surface area contributed by atoms with Crippen LogP contribution in [0.3, 0.4) is 0 Å². The van der Waals surface area contributed by atoms with E-state index in [-0.39, 0.29) is 11.7 Å². The van der Waals surface area contributed by atoms with Crippen LogP contribution in [-0.4, -0.2) is 36.0 Å². The maximum Gasteiger partial charge on any atom is 0.236 e. The van der Waals surface area contributed by atoms with Gasteiger partial charge in [0.1, 0.15) is 17.5 Å². The number of amides is 1. The Morgan fingerprint density at radius 1 is 1.21 bits per heavy atom. The van der Waals surface area contributed by atoms with Crippen molar-refractivity contribution in [3.63, 3.8) is 0 Å². The Bertz CT molecular complexity index is 1310. The van der Waals surface area contributed by atoms with Gasteiger partial charge in [0.05, 0.1) is 17.5 Å². The molecular formula is C20H19N7OS. The van der Waals surface area contributed by atoms with E-state index in [0.717, 1.165) is 27.7 Å². The number of nitriles is 1. The highest BCUT2D eigenvalue weighted by Crippen LogP contribution is 2.29. The van der Waals surface area contributed by atoms with Crippen LogP contribution in [0, 0.1) is 32.1 Å². The molecule has 0 unspecified atom stereocenters. The van der Waals surface area contributed by atoms with Gasteiger partial charge in [0.2, 0.25) is 5.91 Å². The molecule has 0 spiro atoms. The molecule has 0 aliphatic rings. The van der Waals surface area contributed by atoms with Crippen molar-refractivity contribution in [1.82, 2.24) is 24.4 Å². The first-order valence-electron chi connectivity index (χ1n) is 8.99. The summed E-state index contributed by atoms with van der Waals surface area (Å²) in [6.07, 6.45) is 1.42. The van der Waals surface area contributed by atoms with E-state index in [1.54, 1.807) is 7.05 Å². The Balaban J connectivity index is 1.65. The lowest BCUT2D eigenvalue weighted by molar-refractivity contribution is -0.113. The van der Waals surface area contributed by atoms with E-state index in [9.17, 15) is 4.79 Å². The van der Waals surface area contributed by atoms with E-state index < -0.39 is 0 Å². The number of nitrogens with one attached hydrogen (secondary N) is 1. The van der Waals surface area contributed by atoms with Crippen molar-refractivity contribution in [3.8, 4) is 6.07 Å². The van der Waals surface area contributed by atoms with Crippen LogP contribution in [0.5, 0.6) is 0 Å². The number of fused-ring (bicyclic) bond motifs is 3. The molecule has 29 heavy (non-hydrogen) atoms. The lowest BCUT2D eigenvalue weighted by Gasteiger charge is -2.11. The van der Waals surface area contributed by atoms with Gasteiger partial charge < -0.3 is 5.32 Å². The highest BCUT2D eigenvalue weighted by atomic mass is 32.2. The summed E-state index contributed by atoms with van der Waals surface area (Å²) >= 11 is 1.30. The summed E-state index contributed by atoms with van der Waals surface area (Å²) < 4.78 is 3.47. The highest BCUT2D eigenvalue weighted by molar-refractivity contribution is 7.99. The Morgan fingerprint density at radius 3 is 2.76 bits per heavy atom. The molecule has 0 aliphatic carbocycles. The number of carbonyl (C=O) groups excluding carboxylic acids is 1. The number of hydrogen-bond donors (Lipinski definition) is 1. The van der Waals surface area contributed by atoms with Crippen LogP contribution in [0.1, 0.15) is 22.3 Å². The summed E-state index contributed by atoms with van der Waals surface area (Å²) in [5, 5.41) is 26.3. The van der Waals surface area contributed by atoms with E-state index in [0.29, 0.717) is 16.5 Å². The first-order valence-corrected chi connectivity index (χ1v) is 9.98. The molecule has 8 nitrogen and oxygen atoms in total. The van der Waals surface area contributed by atoms with Crippen molar-refractivity contribution in [2.24, 2.45) is 7.05 Å². The fourth-order valence-electron chi connectivity index (χ4n) is 3.47. The quantitative estimate of drug-likeness (QED) is 0.524. The van der Waals surface area contributed by atoms with Crippen molar-refractivity contribution >= 4 is 40.0 Å². The number of aryl methyl sites for hydroxylation is 4. The average molecular weight is 405 g/mol. The smallest absolute Gasteiger partial charge is 0.236 e. The predicted octanol–water partition coefficient (Wildman–Crippen LogP) is 3.14. The molecule has 0 fully saturated rings. The summed E-state index contributed by atoms with van der Waals surface area (Å²) in [5.41, 5.74) is 5.60. The molecule has 3 heterocycles. The number of hydrogen-bond acceptors (Lipinski definition) is 6. The molecule has 9 heteroatoms. The van der Waals surface area contributed by atoms with Crippen LogP contribution in [0.15, 0.2) is 29.6 Å². The van der Waals surface area contributed by atoms with Gasteiger partial charge in [0.25, 0.3) is 0 Å². The molecule has 146 valence electrons. The molecule has 1 N–H and O–H groups in total.